The number of hydrogen-bond donors (Lipinski definition) is 1. The molecule has 0 aliphatic carbocycles. The summed E-state index contributed by atoms with van der Waals surface area (Å²) < 4.78 is 0. The molecule has 0 fully saturated rings. The van der Waals surface area contributed by atoms with Crippen LogP contribution in [0.3, 0.4) is 0 Å². The number of carbonyl (C=O) groups excluding carboxylic acids is 1. The Bertz CT molecular complexity index is 297. The van der Waals surface area contributed by atoms with Gasteiger partial charge in [0.2, 0.25) is 0 Å². The summed E-state index contributed by atoms with van der Waals surface area (Å²) in [5.74, 6) is -1.14. The van der Waals surface area contributed by atoms with E-state index >= 15 is 0 Å². The second kappa shape index (κ2) is 4.30. The summed E-state index contributed by atoms with van der Waals surface area (Å²) >= 11 is 1.61. The van der Waals surface area contributed by atoms with Crippen molar-refractivity contribution in [2.45, 2.75) is 10.9 Å². The molecule has 0 heterocycles. The Labute approximate surface area is 80.9 Å². The molecule has 3 nitrogen and oxygen atoms in total. The third-order valence-electron chi connectivity index (χ3n) is 1.80. The maximum absolute atomic E-state index is 10.5. The molecule has 0 saturated heterocycles. The Morgan fingerprint density at radius 3 is 2.38 bits per heavy atom. The van der Waals surface area contributed by atoms with Gasteiger partial charge in [0.1, 0.15) is 5.97 Å². The molecule has 0 aliphatic heterocycles. The number of quaternary nitrogens is 1. The maximum atomic E-state index is 10.5. The molecule has 1 rings (SSSR count). The molecule has 4 heteroatoms. The standard InChI is InChI=1S/C9H11NO2S/c1-13-7-4-2-6(3-5-7)8(10)9(11)12/h2-5,8H,10H2,1H3,(H,11,12)/t8-/m1/s1. The van der Waals surface area contributed by atoms with E-state index in [1.807, 2.05) is 18.4 Å². The fraction of sp³-hybridized carbons (Fsp3) is 0.222. The predicted octanol–water partition coefficient (Wildman–Crippen LogP) is -0.559. The number of carbonyl (C=O) groups is 1. The quantitative estimate of drug-likeness (QED) is 0.660. The van der Waals surface area contributed by atoms with Crippen LogP contribution in [0.4, 0.5) is 0 Å². The van der Waals surface area contributed by atoms with E-state index in [0.717, 1.165) is 4.90 Å². The summed E-state index contributed by atoms with van der Waals surface area (Å²) in [5.41, 5.74) is 4.17. The number of rotatable bonds is 3. The lowest BCUT2D eigenvalue weighted by Crippen LogP contribution is -2.60. The number of benzene rings is 1. The fourth-order valence-electron chi connectivity index (χ4n) is 0.972. The summed E-state index contributed by atoms with van der Waals surface area (Å²) in [6.07, 6.45) is 1.97. The summed E-state index contributed by atoms with van der Waals surface area (Å²) in [7, 11) is 0. The summed E-state index contributed by atoms with van der Waals surface area (Å²) in [4.78, 5) is 11.6. The molecule has 0 aromatic heterocycles. The first-order chi connectivity index (χ1) is 6.15. The van der Waals surface area contributed by atoms with Gasteiger partial charge in [-0.25, -0.2) is 0 Å². The van der Waals surface area contributed by atoms with Gasteiger partial charge in [0.15, 0.2) is 6.04 Å². The third kappa shape index (κ3) is 2.47. The molecule has 0 saturated carbocycles. The Morgan fingerprint density at radius 1 is 1.46 bits per heavy atom. The Balaban J connectivity index is 2.85. The lowest BCUT2D eigenvalue weighted by atomic mass is 10.1. The number of thioether (sulfide) groups is 1. The third-order valence-corrected chi connectivity index (χ3v) is 2.55. The average Bonchev–Trinajstić information content (AvgIpc) is 2.17. The zero-order chi connectivity index (χ0) is 9.84. The first-order valence-electron chi connectivity index (χ1n) is 3.83. The molecule has 0 unspecified atom stereocenters. The van der Waals surface area contributed by atoms with Crippen LogP contribution in [0, 0.1) is 0 Å². The van der Waals surface area contributed by atoms with Gasteiger partial charge < -0.3 is 15.6 Å². The van der Waals surface area contributed by atoms with Gasteiger partial charge in [-0.15, -0.1) is 11.8 Å². The van der Waals surface area contributed by atoms with E-state index < -0.39 is 12.0 Å². The zero-order valence-electron chi connectivity index (χ0n) is 7.32. The van der Waals surface area contributed by atoms with Gasteiger partial charge in [-0.1, -0.05) is 12.1 Å². The fourth-order valence-corrected chi connectivity index (χ4v) is 1.38. The zero-order valence-corrected chi connectivity index (χ0v) is 8.14. The van der Waals surface area contributed by atoms with Crippen LogP contribution in [0.25, 0.3) is 0 Å². The minimum absolute atomic E-state index is 0.679. The highest BCUT2D eigenvalue weighted by atomic mass is 32.2. The van der Waals surface area contributed by atoms with Crippen LogP contribution in [0.15, 0.2) is 29.2 Å². The van der Waals surface area contributed by atoms with Gasteiger partial charge in [-0.05, 0) is 18.4 Å². The van der Waals surface area contributed by atoms with Crippen molar-refractivity contribution in [1.29, 1.82) is 0 Å². The second-order valence-corrected chi connectivity index (χ2v) is 3.52. The molecule has 1 atom stereocenters. The first-order valence-corrected chi connectivity index (χ1v) is 5.05. The van der Waals surface area contributed by atoms with Gasteiger partial charge in [-0.3, -0.25) is 0 Å². The monoisotopic (exact) mass is 197 g/mol. The lowest BCUT2D eigenvalue weighted by Gasteiger charge is -2.09. The molecular weight excluding hydrogens is 186 g/mol. The summed E-state index contributed by atoms with van der Waals surface area (Å²) in [6, 6.07) is 6.50. The van der Waals surface area contributed by atoms with Crippen molar-refractivity contribution in [3.8, 4) is 0 Å². The van der Waals surface area contributed by atoms with Crippen LogP contribution in [0.2, 0.25) is 0 Å². The lowest BCUT2D eigenvalue weighted by molar-refractivity contribution is -0.443. The molecule has 1 aromatic rings. The van der Waals surface area contributed by atoms with Gasteiger partial charge in [0, 0.05) is 10.5 Å². The van der Waals surface area contributed by atoms with Crippen LogP contribution in [-0.4, -0.2) is 12.2 Å². The van der Waals surface area contributed by atoms with E-state index in [9.17, 15) is 9.90 Å². The van der Waals surface area contributed by atoms with Gasteiger partial charge in [0.05, 0.1) is 0 Å². The highest BCUT2D eigenvalue weighted by molar-refractivity contribution is 7.98. The van der Waals surface area contributed by atoms with E-state index in [2.05, 4.69) is 5.73 Å². The second-order valence-electron chi connectivity index (χ2n) is 2.64. The molecule has 0 bridgehead atoms. The van der Waals surface area contributed by atoms with Crippen molar-refractivity contribution in [3.05, 3.63) is 29.8 Å². The van der Waals surface area contributed by atoms with Gasteiger partial charge in [0.25, 0.3) is 0 Å². The van der Waals surface area contributed by atoms with Crippen molar-refractivity contribution >= 4 is 17.7 Å². The van der Waals surface area contributed by atoms with Crippen LogP contribution in [0.1, 0.15) is 11.6 Å². The molecule has 0 amide bonds. The van der Waals surface area contributed by atoms with E-state index in [1.165, 1.54) is 0 Å². The average molecular weight is 197 g/mol. The molecule has 70 valence electrons. The smallest absolute Gasteiger partial charge is 0.150 e. The Morgan fingerprint density at radius 2 is 2.00 bits per heavy atom. The topological polar surface area (TPSA) is 67.8 Å². The molecule has 0 radical (unpaired) electrons. The summed E-state index contributed by atoms with van der Waals surface area (Å²) in [6.45, 7) is 0. The largest absolute Gasteiger partial charge is 0.544 e. The molecule has 3 N–H and O–H groups in total. The molecule has 0 spiro atoms. The SMILES string of the molecule is CSc1ccc([C@@H]([NH3+])C(=O)[O-])cc1. The Hall–Kier alpha value is -1.00. The molecular formula is C9H11NO2S. The normalized spacial score (nSPS) is 12.5. The van der Waals surface area contributed by atoms with Crippen molar-refractivity contribution in [1.82, 2.24) is 0 Å². The van der Waals surface area contributed by atoms with E-state index in [4.69, 9.17) is 0 Å². The van der Waals surface area contributed by atoms with Crippen molar-refractivity contribution in [3.63, 3.8) is 0 Å². The van der Waals surface area contributed by atoms with Crippen LogP contribution < -0.4 is 10.8 Å². The molecule has 13 heavy (non-hydrogen) atoms. The maximum Gasteiger partial charge on any atom is 0.150 e. The van der Waals surface area contributed by atoms with E-state index in [0.29, 0.717) is 5.56 Å². The van der Waals surface area contributed by atoms with Crippen LogP contribution >= 0.6 is 11.8 Å². The highest BCUT2D eigenvalue weighted by Gasteiger charge is 2.09. The van der Waals surface area contributed by atoms with Crippen molar-refractivity contribution in [2.24, 2.45) is 0 Å². The van der Waals surface area contributed by atoms with Crippen LogP contribution in [-0.2, 0) is 4.79 Å². The minimum atomic E-state index is -1.14. The predicted molar refractivity (Wildman–Crippen MR) is 48.9 cm³/mol. The van der Waals surface area contributed by atoms with Crippen LogP contribution in [0.5, 0.6) is 0 Å². The van der Waals surface area contributed by atoms with E-state index in [1.54, 1.807) is 23.9 Å². The molecule has 1 aromatic carbocycles. The number of carboxylic acid groups (broad SMARTS) is 1. The number of hydrogen-bond acceptors (Lipinski definition) is 3. The van der Waals surface area contributed by atoms with Crippen molar-refractivity contribution < 1.29 is 15.6 Å². The minimum Gasteiger partial charge on any atom is -0.544 e. The number of carboxylic acids is 1. The molecule has 0 aliphatic rings. The van der Waals surface area contributed by atoms with Gasteiger partial charge >= 0.3 is 0 Å². The number of aliphatic carboxylic acids is 1. The van der Waals surface area contributed by atoms with Crippen molar-refractivity contribution in [2.75, 3.05) is 6.26 Å². The van der Waals surface area contributed by atoms with E-state index in [-0.39, 0.29) is 0 Å². The highest BCUT2D eigenvalue weighted by Crippen LogP contribution is 2.16. The first kappa shape index (κ1) is 10.1. The summed E-state index contributed by atoms with van der Waals surface area (Å²) in [5, 5.41) is 10.5. The van der Waals surface area contributed by atoms with Gasteiger partial charge in [-0.2, -0.15) is 0 Å². The Kier molecular flexibility index (Phi) is 3.33.